The van der Waals surface area contributed by atoms with E-state index in [-0.39, 0.29) is 5.97 Å². The number of esters is 1. The third-order valence-electron chi connectivity index (χ3n) is 3.08. The fourth-order valence-electron chi connectivity index (χ4n) is 2.09. The zero-order valence-electron chi connectivity index (χ0n) is 10.5. The molecule has 1 N–H and O–H groups in total. The highest BCUT2D eigenvalue weighted by Crippen LogP contribution is 2.43. The lowest BCUT2D eigenvalue weighted by Crippen LogP contribution is -2.56. The van der Waals surface area contributed by atoms with Gasteiger partial charge in [-0.15, -0.1) is 10.2 Å². The van der Waals surface area contributed by atoms with Crippen molar-refractivity contribution >= 4 is 29.1 Å². The maximum Gasteiger partial charge on any atom is 0.327 e. The summed E-state index contributed by atoms with van der Waals surface area (Å²) in [5.74, 6) is 0.863. The average Bonchev–Trinajstić information content (AvgIpc) is 3.11. The van der Waals surface area contributed by atoms with Gasteiger partial charge in [-0.1, -0.05) is 30.0 Å². The number of likely N-dealkylation sites (N-methyl/N-ethyl adjacent to an activating group) is 1. The van der Waals surface area contributed by atoms with Crippen LogP contribution >= 0.6 is 23.1 Å². The molecule has 1 fully saturated rings. The Morgan fingerprint density at radius 3 is 3.00 bits per heavy atom. The van der Waals surface area contributed by atoms with Crippen LogP contribution in [0.1, 0.15) is 19.8 Å². The molecule has 18 heavy (non-hydrogen) atoms. The molecule has 0 amide bonds. The number of thioether (sulfide) groups is 1. The van der Waals surface area contributed by atoms with E-state index in [1.54, 1.807) is 17.3 Å². The Labute approximate surface area is 115 Å². The van der Waals surface area contributed by atoms with Crippen LogP contribution in [0.2, 0.25) is 0 Å². The molecule has 0 aliphatic heterocycles. The number of hydrogen-bond acceptors (Lipinski definition) is 7. The highest BCUT2D eigenvalue weighted by atomic mass is 32.2. The Morgan fingerprint density at radius 1 is 1.72 bits per heavy atom. The smallest absolute Gasteiger partial charge is 0.327 e. The summed E-state index contributed by atoms with van der Waals surface area (Å²) >= 11 is 3.06. The van der Waals surface area contributed by atoms with Crippen LogP contribution < -0.4 is 5.32 Å². The monoisotopic (exact) mass is 287 g/mol. The van der Waals surface area contributed by atoms with Gasteiger partial charge in [0, 0.05) is 5.75 Å². The van der Waals surface area contributed by atoms with Gasteiger partial charge >= 0.3 is 5.97 Å². The Balaban J connectivity index is 2.09. The molecule has 100 valence electrons. The van der Waals surface area contributed by atoms with E-state index in [1.807, 2.05) is 6.92 Å². The Hall–Kier alpha value is -0.660. The number of ether oxygens (including phenoxy) is 1. The van der Waals surface area contributed by atoms with Crippen LogP contribution in [-0.2, 0) is 9.53 Å². The van der Waals surface area contributed by atoms with Crippen LogP contribution in [0.25, 0.3) is 0 Å². The third kappa shape index (κ3) is 2.84. The molecule has 1 atom stereocenters. The summed E-state index contributed by atoms with van der Waals surface area (Å²) in [7, 11) is 1.45. The van der Waals surface area contributed by atoms with Gasteiger partial charge < -0.3 is 10.1 Å². The average molecular weight is 287 g/mol. The SMILES string of the molecule is CCNC(CSc1nncs1)(C(=O)OC)C1CC1. The quantitative estimate of drug-likeness (QED) is 0.606. The predicted octanol–water partition coefficient (Wildman–Crippen LogP) is 1.56. The molecule has 0 radical (unpaired) electrons. The highest BCUT2D eigenvalue weighted by molar-refractivity contribution is 8.01. The molecule has 1 saturated carbocycles. The van der Waals surface area contributed by atoms with Gasteiger partial charge in [0.1, 0.15) is 11.0 Å². The van der Waals surface area contributed by atoms with Crippen LogP contribution in [0.15, 0.2) is 9.85 Å². The van der Waals surface area contributed by atoms with Gasteiger partial charge in [0.2, 0.25) is 0 Å². The van der Waals surface area contributed by atoms with Crippen LogP contribution in [0.3, 0.4) is 0 Å². The van der Waals surface area contributed by atoms with E-state index >= 15 is 0 Å². The molecule has 2 rings (SSSR count). The first-order valence-corrected chi connectivity index (χ1v) is 7.82. The van der Waals surface area contributed by atoms with Gasteiger partial charge in [-0.2, -0.15) is 0 Å². The summed E-state index contributed by atoms with van der Waals surface area (Å²) in [4.78, 5) is 12.1. The normalized spacial score (nSPS) is 18.3. The molecule has 0 bridgehead atoms. The molecule has 0 spiro atoms. The number of hydrogen-bond donors (Lipinski definition) is 1. The Morgan fingerprint density at radius 2 is 2.50 bits per heavy atom. The Kier molecular flexibility index (Phi) is 4.58. The standard InChI is InChI=1S/C11H17N3O2S2/c1-3-12-11(8-4-5-8,9(15)16-2)6-17-10-14-13-7-18-10/h7-8,12H,3-6H2,1-2H3. The fourth-order valence-corrected chi connectivity index (χ4v) is 3.85. The lowest BCUT2D eigenvalue weighted by atomic mass is 9.95. The molecule has 1 aromatic rings. The maximum absolute atomic E-state index is 12.1. The van der Waals surface area contributed by atoms with Gasteiger partial charge in [-0.25, -0.2) is 0 Å². The van der Waals surface area contributed by atoms with E-state index in [2.05, 4.69) is 15.5 Å². The Bertz CT molecular complexity index is 395. The maximum atomic E-state index is 12.1. The van der Waals surface area contributed by atoms with E-state index in [4.69, 9.17) is 4.74 Å². The van der Waals surface area contributed by atoms with Crippen molar-refractivity contribution in [3.05, 3.63) is 5.51 Å². The van der Waals surface area contributed by atoms with E-state index in [0.717, 1.165) is 23.7 Å². The first-order chi connectivity index (χ1) is 8.73. The third-order valence-corrected chi connectivity index (χ3v) is 5.13. The number of rotatable bonds is 7. The minimum absolute atomic E-state index is 0.163. The molecule has 0 saturated heterocycles. The molecular weight excluding hydrogens is 270 g/mol. The number of carbonyl (C=O) groups excluding carboxylic acids is 1. The first-order valence-electron chi connectivity index (χ1n) is 5.95. The first kappa shape index (κ1) is 13.8. The van der Waals surface area contributed by atoms with E-state index in [9.17, 15) is 4.79 Å². The van der Waals surface area contributed by atoms with Gasteiger partial charge in [0.15, 0.2) is 4.34 Å². The van der Waals surface area contributed by atoms with Gasteiger partial charge in [0.25, 0.3) is 0 Å². The van der Waals surface area contributed by atoms with Crippen LogP contribution in [0.5, 0.6) is 0 Å². The zero-order valence-corrected chi connectivity index (χ0v) is 12.1. The minimum Gasteiger partial charge on any atom is -0.468 e. The predicted molar refractivity (Wildman–Crippen MR) is 71.8 cm³/mol. The molecule has 1 aliphatic rings. The largest absolute Gasteiger partial charge is 0.468 e. The molecular formula is C11H17N3O2S2. The number of aromatic nitrogens is 2. The van der Waals surface area contributed by atoms with Crippen molar-refractivity contribution < 1.29 is 9.53 Å². The van der Waals surface area contributed by atoms with Crippen molar-refractivity contribution in [3.8, 4) is 0 Å². The molecule has 1 heterocycles. The summed E-state index contributed by atoms with van der Waals surface area (Å²) in [5, 5.41) is 11.1. The number of nitrogens with zero attached hydrogens (tertiary/aromatic N) is 2. The zero-order chi connectivity index (χ0) is 13.0. The van der Waals surface area contributed by atoms with E-state index < -0.39 is 5.54 Å². The fraction of sp³-hybridized carbons (Fsp3) is 0.727. The van der Waals surface area contributed by atoms with Gasteiger partial charge in [0.05, 0.1) is 7.11 Å². The van der Waals surface area contributed by atoms with Crippen LogP contribution in [-0.4, -0.2) is 41.1 Å². The second kappa shape index (κ2) is 5.99. The topological polar surface area (TPSA) is 64.1 Å². The van der Waals surface area contributed by atoms with Crippen molar-refractivity contribution in [2.45, 2.75) is 29.6 Å². The lowest BCUT2D eigenvalue weighted by molar-refractivity contribution is -0.148. The summed E-state index contributed by atoms with van der Waals surface area (Å²) in [5.41, 5.74) is 1.13. The van der Waals surface area contributed by atoms with Crippen LogP contribution in [0.4, 0.5) is 0 Å². The van der Waals surface area contributed by atoms with Crippen molar-refractivity contribution in [1.82, 2.24) is 15.5 Å². The van der Waals surface area contributed by atoms with Gasteiger partial charge in [-0.05, 0) is 25.3 Å². The molecule has 0 aromatic carbocycles. The molecule has 7 heteroatoms. The molecule has 5 nitrogen and oxygen atoms in total. The highest BCUT2D eigenvalue weighted by Gasteiger charge is 2.51. The van der Waals surface area contributed by atoms with Crippen molar-refractivity contribution in [1.29, 1.82) is 0 Å². The molecule has 1 unspecified atom stereocenters. The number of nitrogens with one attached hydrogen (secondary N) is 1. The second-order valence-corrected chi connectivity index (χ2v) is 6.32. The van der Waals surface area contributed by atoms with Crippen molar-refractivity contribution in [2.75, 3.05) is 19.4 Å². The van der Waals surface area contributed by atoms with Crippen molar-refractivity contribution in [3.63, 3.8) is 0 Å². The van der Waals surface area contributed by atoms with E-state index in [0.29, 0.717) is 11.7 Å². The lowest BCUT2D eigenvalue weighted by Gasteiger charge is -2.31. The molecule has 1 aromatic heterocycles. The number of carbonyl (C=O) groups is 1. The van der Waals surface area contributed by atoms with Gasteiger partial charge in [-0.3, -0.25) is 4.79 Å². The second-order valence-electron chi connectivity index (χ2n) is 4.26. The minimum atomic E-state index is -0.570. The number of methoxy groups -OCH3 is 1. The van der Waals surface area contributed by atoms with Crippen LogP contribution in [0, 0.1) is 5.92 Å². The summed E-state index contributed by atoms with van der Waals surface area (Å²) in [6, 6.07) is 0. The molecule has 1 aliphatic carbocycles. The summed E-state index contributed by atoms with van der Waals surface area (Å²) in [6.45, 7) is 2.76. The summed E-state index contributed by atoms with van der Waals surface area (Å²) in [6.07, 6.45) is 2.16. The van der Waals surface area contributed by atoms with E-state index in [1.165, 1.54) is 18.4 Å². The summed E-state index contributed by atoms with van der Waals surface area (Å²) < 4.78 is 5.88. The van der Waals surface area contributed by atoms with Crippen molar-refractivity contribution in [2.24, 2.45) is 5.92 Å².